The molecule has 6 nitrogen and oxygen atoms in total. The van der Waals surface area contributed by atoms with E-state index in [1.807, 2.05) is 17.9 Å². The second kappa shape index (κ2) is 9.97. The van der Waals surface area contributed by atoms with Gasteiger partial charge in [0.1, 0.15) is 6.10 Å². The molecule has 0 aromatic heterocycles. The van der Waals surface area contributed by atoms with E-state index in [2.05, 4.69) is 5.32 Å². The number of carbonyl (C=O) groups is 2. The lowest BCUT2D eigenvalue weighted by Gasteiger charge is -2.37. The van der Waals surface area contributed by atoms with Crippen molar-refractivity contribution >= 4 is 35.1 Å². The van der Waals surface area contributed by atoms with Crippen molar-refractivity contribution in [1.29, 1.82) is 0 Å². The van der Waals surface area contributed by atoms with Crippen LogP contribution in [0, 0.1) is 0 Å². The number of benzene rings is 1. The van der Waals surface area contributed by atoms with Crippen molar-refractivity contribution in [2.24, 2.45) is 0 Å². The van der Waals surface area contributed by atoms with Gasteiger partial charge in [0.15, 0.2) is 0 Å². The molecule has 2 atom stereocenters. The summed E-state index contributed by atoms with van der Waals surface area (Å²) < 4.78 is 37.4. The van der Waals surface area contributed by atoms with E-state index in [-0.39, 0.29) is 11.9 Å². The van der Waals surface area contributed by atoms with Gasteiger partial charge in [-0.15, -0.1) is 0 Å². The Kier molecular flexibility index (Phi) is 8.16. The first kappa shape index (κ1) is 23.7. The van der Waals surface area contributed by atoms with E-state index < -0.39 is 18.2 Å². The van der Waals surface area contributed by atoms with Gasteiger partial charge < -0.3 is 20.1 Å². The molecule has 0 saturated carbocycles. The Morgan fingerprint density at radius 2 is 1.97 bits per heavy atom. The number of carboxylic acid groups (broad SMARTS) is 1. The molecule has 2 N–H and O–H groups in total. The number of alkyl halides is 3. The number of halogens is 5. The Morgan fingerprint density at radius 1 is 1.31 bits per heavy atom. The van der Waals surface area contributed by atoms with Gasteiger partial charge in [0, 0.05) is 29.7 Å². The SMILES string of the molecule is C[C@H]1c2c(Cl)cc(Cl)cc2CCN1C(=O)C1CNCCCO1.O=C(O)C(F)(F)F. The number of carboxylic acids is 1. The minimum atomic E-state index is -5.08. The van der Waals surface area contributed by atoms with Gasteiger partial charge >= 0.3 is 12.1 Å². The molecule has 1 saturated heterocycles. The second-order valence-corrected chi connectivity index (χ2v) is 7.48. The highest BCUT2D eigenvalue weighted by molar-refractivity contribution is 6.35. The van der Waals surface area contributed by atoms with Gasteiger partial charge in [0.05, 0.1) is 6.04 Å². The third kappa shape index (κ3) is 6.21. The minimum absolute atomic E-state index is 0.0403. The summed E-state index contributed by atoms with van der Waals surface area (Å²) in [6, 6.07) is 3.63. The van der Waals surface area contributed by atoms with Crippen LogP contribution in [-0.4, -0.2) is 60.4 Å². The van der Waals surface area contributed by atoms with Crippen molar-refractivity contribution in [3.63, 3.8) is 0 Å². The Labute approximate surface area is 175 Å². The summed E-state index contributed by atoms with van der Waals surface area (Å²) in [5.41, 5.74) is 2.14. The molecule has 11 heteroatoms. The highest BCUT2D eigenvalue weighted by Crippen LogP contribution is 2.37. The summed E-state index contributed by atoms with van der Waals surface area (Å²) in [7, 11) is 0. The van der Waals surface area contributed by atoms with E-state index in [1.165, 1.54) is 0 Å². The van der Waals surface area contributed by atoms with Crippen LogP contribution in [0.3, 0.4) is 0 Å². The van der Waals surface area contributed by atoms with Crippen LogP contribution in [0.4, 0.5) is 13.2 Å². The summed E-state index contributed by atoms with van der Waals surface area (Å²) in [6.07, 6.45) is -3.78. The van der Waals surface area contributed by atoms with Gasteiger partial charge in [0.2, 0.25) is 0 Å². The average molecular weight is 457 g/mol. The Hall–Kier alpha value is -1.55. The average Bonchev–Trinajstić information content (AvgIpc) is 2.90. The number of fused-ring (bicyclic) bond motifs is 1. The maximum atomic E-state index is 12.8. The quantitative estimate of drug-likeness (QED) is 0.676. The van der Waals surface area contributed by atoms with Crippen molar-refractivity contribution in [3.05, 3.63) is 33.3 Å². The third-order valence-electron chi connectivity index (χ3n) is 4.63. The van der Waals surface area contributed by atoms with Gasteiger partial charge in [-0.25, -0.2) is 4.79 Å². The zero-order valence-electron chi connectivity index (χ0n) is 15.6. The molecule has 29 heavy (non-hydrogen) atoms. The molecule has 0 spiro atoms. The third-order valence-corrected chi connectivity index (χ3v) is 5.17. The smallest absolute Gasteiger partial charge is 0.475 e. The van der Waals surface area contributed by atoms with Crippen LogP contribution in [0.25, 0.3) is 0 Å². The van der Waals surface area contributed by atoms with E-state index in [9.17, 15) is 18.0 Å². The lowest BCUT2D eigenvalue weighted by atomic mass is 9.93. The number of aliphatic carboxylic acids is 1. The highest BCUT2D eigenvalue weighted by atomic mass is 35.5. The van der Waals surface area contributed by atoms with Crippen LogP contribution >= 0.6 is 23.2 Å². The molecule has 0 radical (unpaired) electrons. The van der Waals surface area contributed by atoms with Crippen LogP contribution in [0.5, 0.6) is 0 Å². The number of hydrogen-bond acceptors (Lipinski definition) is 4. The fourth-order valence-corrected chi connectivity index (χ4v) is 3.96. The molecule has 2 aliphatic rings. The van der Waals surface area contributed by atoms with Crippen molar-refractivity contribution in [2.45, 2.75) is 38.1 Å². The molecule has 1 fully saturated rings. The summed E-state index contributed by atoms with van der Waals surface area (Å²) in [4.78, 5) is 23.6. The molecular weight excluding hydrogens is 436 g/mol. The summed E-state index contributed by atoms with van der Waals surface area (Å²) in [5.74, 6) is -2.72. The van der Waals surface area contributed by atoms with Crippen LogP contribution in [0.15, 0.2) is 12.1 Å². The molecule has 1 aromatic rings. The normalized spacial score (nSPS) is 22.1. The first-order chi connectivity index (χ1) is 13.5. The Bertz CT molecular complexity index is 753. The van der Waals surface area contributed by atoms with Gasteiger partial charge in [-0.2, -0.15) is 13.2 Å². The number of rotatable bonds is 1. The molecule has 162 valence electrons. The molecule has 2 heterocycles. The monoisotopic (exact) mass is 456 g/mol. The number of hydrogen-bond donors (Lipinski definition) is 2. The lowest BCUT2D eigenvalue weighted by molar-refractivity contribution is -0.192. The molecular formula is C18H21Cl2F3N2O4. The van der Waals surface area contributed by atoms with E-state index in [1.54, 1.807) is 6.07 Å². The minimum Gasteiger partial charge on any atom is -0.475 e. The molecule has 3 rings (SSSR count). The van der Waals surface area contributed by atoms with Crippen molar-refractivity contribution in [2.75, 3.05) is 26.2 Å². The van der Waals surface area contributed by atoms with Gasteiger partial charge in [-0.3, -0.25) is 4.79 Å². The lowest BCUT2D eigenvalue weighted by Crippen LogP contribution is -2.47. The molecule has 1 unspecified atom stereocenters. The predicted octanol–water partition coefficient (Wildman–Crippen LogP) is 3.45. The molecule has 2 aliphatic heterocycles. The summed E-state index contributed by atoms with van der Waals surface area (Å²) in [5, 5.41) is 11.7. The maximum Gasteiger partial charge on any atom is 0.490 e. The van der Waals surface area contributed by atoms with Crippen molar-refractivity contribution < 1.29 is 32.6 Å². The van der Waals surface area contributed by atoms with Crippen LogP contribution in [0.2, 0.25) is 10.0 Å². The number of nitrogens with one attached hydrogen (secondary N) is 1. The van der Waals surface area contributed by atoms with Crippen LogP contribution in [0.1, 0.15) is 30.5 Å². The molecule has 1 aromatic carbocycles. The van der Waals surface area contributed by atoms with E-state index in [4.69, 9.17) is 37.8 Å². The van der Waals surface area contributed by atoms with Gasteiger partial charge in [0.25, 0.3) is 5.91 Å². The summed E-state index contributed by atoms with van der Waals surface area (Å²) in [6.45, 7) is 4.78. The zero-order chi connectivity index (χ0) is 21.8. The standard InChI is InChI=1S/C16H20Cl2N2O2.C2HF3O2/c1-10-15-11(7-12(17)8-13(15)18)3-5-20(10)16(21)14-9-19-4-2-6-22-14;3-2(4,5)1(6)7/h7-8,10,14,19H,2-6,9H2,1H3;(H,6,7)/t10-,14?;/m0./s1. The summed E-state index contributed by atoms with van der Waals surface area (Å²) >= 11 is 12.4. The van der Waals surface area contributed by atoms with Gasteiger partial charge in [-0.05, 0) is 49.6 Å². The fraction of sp³-hybridized carbons (Fsp3) is 0.556. The maximum absolute atomic E-state index is 12.8. The van der Waals surface area contributed by atoms with E-state index >= 15 is 0 Å². The number of ether oxygens (including phenoxy) is 1. The first-order valence-electron chi connectivity index (χ1n) is 8.93. The second-order valence-electron chi connectivity index (χ2n) is 6.64. The number of amides is 1. The number of nitrogens with zero attached hydrogens (tertiary/aromatic N) is 1. The zero-order valence-corrected chi connectivity index (χ0v) is 17.1. The van der Waals surface area contributed by atoms with Crippen molar-refractivity contribution in [3.8, 4) is 0 Å². The Morgan fingerprint density at radius 3 is 2.59 bits per heavy atom. The van der Waals surface area contributed by atoms with E-state index in [0.29, 0.717) is 29.7 Å². The number of carbonyl (C=O) groups excluding carboxylic acids is 1. The Balaban J connectivity index is 0.000000370. The van der Waals surface area contributed by atoms with Crippen LogP contribution < -0.4 is 5.32 Å². The highest BCUT2D eigenvalue weighted by Gasteiger charge is 2.38. The topological polar surface area (TPSA) is 78.9 Å². The fourth-order valence-electron chi connectivity index (χ4n) is 3.26. The van der Waals surface area contributed by atoms with Crippen molar-refractivity contribution in [1.82, 2.24) is 10.2 Å². The molecule has 0 aliphatic carbocycles. The van der Waals surface area contributed by atoms with Gasteiger partial charge in [-0.1, -0.05) is 23.2 Å². The first-order valence-corrected chi connectivity index (χ1v) is 9.68. The molecule has 0 bridgehead atoms. The van der Waals surface area contributed by atoms with Crippen LogP contribution in [-0.2, 0) is 20.7 Å². The molecule has 1 amide bonds. The largest absolute Gasteiger partial charge is 0.490 e. The predicted molar refractivity (Wildman–Crippen MR) is 101 cm³/mol. The van der Waals surface area contributed by atoms with E-state index in [0.717, 1.165) is 30.5 Å².